The first-order chi connectivity index (χ1) is 7.22. The van der Waals surface area contributed by atoms with Gasteiger partial charge in [-0.1, -0.05) is 12.1 Å². The first-order valence-corrected chi connectivity index (χ1v) is 5.11. The Morgan fingerprint density at radius 2 is 2.20 bits per heavy atom. The van der Waals surface area contributed by atoms with Crippen LogP contribution in [0.15, 0.2) is 29.3 Å². The lowest BCUT2D eigenvalue weighted by molar-refractivity contribution is -0.127. The molecule has 1 atom stereocenters. The molecule has 0 bridgehead atoms. The molecule has 1 aliphatic heterocycles. The van der Waals surface area contributed by atoms with E-state index in [-0.39, 0.29) is 12.0 Å². The summed E-state index contributed by atoms with van der Waals surface area (Å²) in [5, 5.41) is 0.562. The van der Waals surface area contributed by atoms with Gasteiger partial charge in [0.25, 0.3) is 5.78 Å². The number of carbonyl (C=O) groups excluding carboxylic acids is 2. The lowest BCUT2D eigenvalue weighted by Crippen LogP contribution is -2.36. The van der Waals surface area contributed by atoms with Crippen LogP contribution in [0.4, 0.5) is 0 Å². The van der Waals surface area contributed by atoms with Crippen LogP contribution < -0.4 is 10.6 Å². The standard InChI is InChI=1S/C10H6BrNO3/c11-10-12-7-4-2-1-3-6(7)9(15-10)8(14)5-13/h1-5,10H. The van der Waals surface area contributed by atoms with Crippen LogP contribution in [0.3, 0.4) is 0 Å². The van der Waals surface area contributed by atoms with Crippen LogP contribution in [0, 0.1) is 0 Å². The zero-order valence-corrected chi connectivity index (χ0v) is 9.10. The number of benzene rings is 1. The van der Waals surface area contributed by atoms with E-state index in [9.17, 15) is 9.59 Å². The van der Waals surface area contributed by atoms with Gasteiger partial charge in [0.15, 0.2) is 12.0 Å². The number of nitrogens with zero attached hydrogens (tertiary/aromatic N) is 1. The molecule has 0 aliphatic carbocycles. The largest absolute Gasteiger partial charge is 0.454 e. The third-order valence-corrected chi connectivity index (χ3v) is 2.33. The van der Waals surface area contributed by atoms with Crippen molar-refractivity contribution >= 4 is 33.8 Å². The van der Waals surface area contributed by atoms with Crippen LogP contribution in [-0.4, -0.2) is 17.2 Å². The van der Waals surface area contributed by atoms with Crippen molar-refractivity contribution in [3.63, 3.8) is 0 Å². The minimum Gasteiger partial charge on any atom is -0.454 e. The Labute approximate surface area is 93.4 Å². The topological polar surface area (TPSA) is 55.7 Å². The molecule has 15 heavy (non-hydrogen) atoms. The minimum atomic E-state index is -0.679. The monoisotopic (exact) mass is 267 g/mol. The number of para-hydroxylation sites is 1. The molecule has 76 valence electrons. The van der Waals surface area contributed by atoms with Crippen molar-refractivity contribution in [1.29, 1.82) is 0 Å². The number of halogens is 1. The Balaban J connectivity index is 2.77. The number of ether oxygens (including phenoxy) is 1. The molecule has 0 saturated carbocycles. The molecule has 0 N–H and O–H groups in total. The number of rotatable bonds is 2. The molecule has 1 heterocycles. The second-order valence-electron chi connectivity index (χ2n) is 2.87. The van der Waals surface area contributed by atoms with Crippen molar-refractivity contribution < 1.29 is 14.3 Å². The number of Topliss-reactive ketones (excluding diaryl/α,β-unsaturated/α-hetero) is 1. The molecule has 0 fully saturated rings. The molecule has 1 aromatic rings. The van der Waals surface area contributed by atoms with E-state index in [0.29, 0.717) is 10.6 Å². The number of hydrogen-bond donors (Lipinski definition) is 0. The van der Waals surface area contributed by atoms with Crippen LogP contribution in [0.1, 0.15) is 0 Å². The Hall–Kier alpha value is -1.49. The highest BCUT2D eigenvalue weighted by Crippen LogP contribution is 2.11. The van der Waals surface area contributed by atoms with E-state index in [4.69, 9.17) is 4.74 Å². The van der Waals surface area contributed by atoms with E-state index in [1.165, 1.54) is 0 Å². The molecule has 0 spiro atoms. The Kier molecular flexibility index (Phi) is 2.64. The van der Waals surface area contributed by atoms with Crippen LogP contribution in [-0.2, 0) is 14.3 Å². The number of aldehydes is 1. The van der Waals surface area contributed by atoms with Crippen molar-refractivity contribution in [2.45, 2.75) is 5.14 Å². The first-order valence-electron chi connectivity index (χ1n) is 4.20. The molecule has 4 nitrogen and oxygen atoms in total. The Bertz CT molecular complexity index is 538. The van der Waals surface area contributed by atoms with E-state index in [1.807, 2.05) is 0 Å². The van der Waals surface area contributed by atoms with Gasteiger partial charge in [0.05, 0.1) is 5.36 Å². The van der Waals surface area contributed by atoms with Gasteiger partial charge < -0.3 is 4.74 Å². The summed E-state index contributed by atoms with van der Waals surface area (Å²) in [6, 6.07) is 7.00. The lowest BCUT2D eigenvalue weighted by atomic mass is 10.2. The van der Waals surface area contributed by atoms with Crippen molar-refractivity contribution in [3.8, 4) is 0 Å². The van der Waals surface area contributed by atoms with Gasteiger partial charge in [-0.3, -0.25) is 9.59 Å². The SMILES string of the molecule is O=CC(=O)C1=c2ccccc2=NC(Br)O1. The third-order valence-electron chi connectivity index (χ3n) is 1.94. The van der Waals surface area contributed by atoms with Gasteiger partial charge in [0.2, 0.25) is 5.14 Å². The zero-order chi connectivity index (χ0) is 10.8. The summed E-state index contributed by atoms with van der Waals surface area (Å²) < 4.78 is 5.15. The van der Waals surface area contributed by atoms with E-state index in [1.54, 1.807) is 24.3 Å². The maximum Gasteiger partial charge on any atom is 0.260 e. The molecule has 1 unspecified atom stereocenters. The first kappa shape index (κ1) is 10.0. The second-order valence-corrected chi connectivity index (χ2v) is 3.65. The summed E-state index contributed by atoms with van der Waals surface area (Å²) in [6.45, 7) is 0. The van der Waals surface area contributed by atoms with Gasteiger partial charge in [0.1, 0.15) is 0 Å². The van der Waals surface area contributed by atoms with Gasteiger partial charge >= 0.3 is 0 Å². The van der Waals surface area contributed by atoms with Crippen LogP contribution in [0.5, 0.6) is 0 Å². The summed E-state index contributed by atoms with van der Waals surface area (Å²) in [7, 11) is 0. The average molecular weight is 268 g/mol. The quantitative estimate of drug-likeness (QED) is 0.325. The van der Waals surface area contributed by atoms with Crippen molar-refractivity contribution in [3.05, 3.63) is 34.8 Å². The lowest BCUT2D eigenvalue weighted by Gasteiger charge is -2.13. The van der Waals surface area contributed by atoms with E-state index in [2.05, 4.69) is 20.9 Å². The normalized spacial score (nSPS) is 18.5. The summed E-state index contributed by atoms with van der Waals surface area (Å²) in [4.78, 5) is 25.8. The Morgan fingerprint density at radius 1 is 1.47 bits per heavy atom. The zero-order valence-electron chi connectivity index (χ0n) is 7.51. The van der Waals surface area contributed by atoms with Crippen molar-refractivity contribution in [2.75, 3.05) is 0 Å². The third kappa shape index (κ3) is 1.83. The summed E-state index contributed by atoms with van der Waals surface area (Å²) in [6.07, 6.45) is 0.233. The van der Waals surface area contributed by atoms with E-state index >= 15 is 0 Å². The molecule has 0 aromatic heterocycles. The van der Waals surface area contributed by atoms with Crippen LogP contribution in [0.25, 0.3) is 5.76 Å². The van der Waals surface area contributed by atoms with Gasteiger partial charge in [-0.05, 0) is 28.1 Å². The predicted octanol–water partition coefficient (Wildman–Crippen LogP) is -0.109. The highest BCUT2D eigenvalue weighted by molar-refractivity contribution is 9.09. The fourth-order valence-corrected chi connectivity index (χ4v) is 1.73. The molecular weight excluding hydrogens is 262 g/mol. The summed E-state index contributed by atoms with van der Waals surface area (Å²) in [5.41, 5.74) is 0. The van der Waals surface area contributed by atoms with Gasteiger partial charge in [-0.2, -0.15) is 0 Å². The highest BCUT2D eigenvalue weighted by Gasteiger charge is 2.18. The summed E-state index contributed by atoms with van der Waals surface area (Å²) >= 11 is 3.12. The molecule has 1 aliphatic rings. The molecule has 0 amide bonds. The summed E-state index contributed by atoms with van der Waals surface area (Å²) in [5.74, 6) is -0.640. The van der Waals surface area contributed by atoms with Gasteiger partial charge in [-0.15, -0.1) is 0 Å². The second kappa shape index (κ2) is 3.94. The highest BCUT2D eigenvalue weighted by atomic mass is 79.9. The van der Waals surface area contributed by atoms with E-state index in [0.717, 1.165) is 0 Å². The smallest absolute Gasteiger partial charge is 0.260 e. The number of alkyl halides is 1. The number of ketones is 1. The van der Waals surface area contributed by atoms with Gasteiger partial charge in [0, 0.05) is 5.22 Å². The average Bonchev–Trinajstić information content (AvgIpc) is 2.26. The van der Waals surface area contributed by atoms with Crippen molar-refractivity contribution in [2.24, 2.45) is 4.99 Å². The maximum absolute atomic E-state index is 11.3. The maximum atomic E-state index is 11.3. The fraction of sp³-hybridized carbons (Fsp3) is 0.100. The fourth-order valence-electron chi connectivity index (χ4n) is 1.32. The molecule has 1 aromatic carbocycles. The molecule has 0 radical (unpaired) electrons. The number of carbonyl (C=O) groups is 2. The van der Waals surface area contributed by atoms with Crippen LogP contribution >= 0.6 is 15.9 Å². The van der Waals surface area contributed by atoms with Crippen LogP contribution in [0.2, 0.25) is 0 Å². The number of hydrogen-bond acceptors (Lipinski definition) is 4. The molecule has 2 rings (SSSR count). The van der Waals surface area contributed by atoms with E-state index < -0.39 is 10.9 Å². The molecular formula is C10H6BrNO3. The van der Waals surface area contributed by atoms with Gasteiger partial charge in [-0.25, -0.2) is 4.99 Å². The number of fused-ring (bicyclic) bond motifs is 1. The Morgan fingerprint density at radius 3 is 2.93 bits per heavy atom. The van der Waals surface area contributed by atoms with Crippen molar-refractivity contribution in [1.82, 2.24) is 0 Å². The minimum absolute atomic E-state index is 0.0393. The predicted molar refractivity (Wildman–Crippen MR) is 55.5 cm³/mol. The molecule has 0 saturated heterocycles. The molecule has 5 heteroatoms.